The number of hydrogen-bond acceptors (Lipinski definition) is 7. The molecule has 1 saturated heterocycles. The molecule has 2 aliphatic heterocycles. The predicted molar refractivity (Wildman–Crippen MR) is 133 cm³/mol. The van der Waals surface area contributed by atoms with Crippen LogP contribution in [0.25, 0.3) is 21.3 Å². The second-order valence-corrected chi connectivity index (χ2v) is 9.89. The highest BCUT2D eigenvalue weighted by Gasteiger charge is 2.25. The van der Waals surface area contributed by atoms with E-state index in [9.17, 15) is 0 Å². The summed E-state index contributed by atoms with van der Waals surface area (Å²) in [6, 6.07) is 16.7. The highest BCUT2D eigenvalue weighted by Crippen LogP contribution is 2.42. The summed E-state index contributed by atoms with van der Waals surface area (Å²) in [7, 11) is 0. The Bertz CT molecular complexity index is 1320. The number of piperazine rings is 1. The normalized spacial score (nSPS) is 16.0. The van der Waals surface area contributed by atoms with E-state index in [0.717, 1.165) is 60.3 Å². The number of hydrogen-bond donors (Lipinski definition) is 0. The van der Waals surface area contributed by atoms with Crippen molar-refractivity contribution in [1.29, 1.82) is 0 Å². The number of rotatable bonds is 4. The van der Waals surface area contributed by atoms with Crippen molar-refractivity contribution in [2.75, 3.05) is 37.9 Å². The van der Waals surface area contributed by atoms with Crippen LogP contribution in [-0.4, -0.2) is 47.8 Å². The summed E-state index contributed by atoms with van der Waals surface area (Å²) in [5, 5.41) is 1.42. The molecular weight excluding hydrogens is 456 g/mol. The molecule has 6 rings (SSSR count). The second-order valence-electron chi connectivity index (χ2n) is 8.35. The Hall–Kier alpha value is -2.87. The van der Waals surface area contributed by atoms with Crippen LogP contribution in [0, 0.1) is 6.92 Å². The van der Waals surface area contributed by atoms with Crippen molar-refractivity contribution in [3.8, 4) is 22.6 Å². The zero-order valence-electron chi connectivity index (χ0n) is 18.3. The van der Waals surface area contributed by atoms with Gasteiger partial charge in [-0.1, -0.05) is 36.4 Å². The fourth-order valence-electron chi connectivity index (χ4n) is 4.66. The summed E-state index contributed by atoms with van der Waals surface area (Å²) in [5.41, 5.74) is 3.64. The quantitative estimate of drug-likeness (QED) is 0.367. The number of aromatic nitrogens is 2. The molecule has 0 atom stereocenters. The molecule has 2 aliphatic rings. The van der Waals surface area contributed by atoms with E-state index < -0.39 is 0 Å². The van der Waals surface area contributed by atoms with Crippen molar-refractivity contribution in [2.45, 2.75) is 13.5 Å². The molecule has 0 bridgehead atoms. The molecule has 0 radical (unpaired) electrons. The van der Waals surface area contributed by atoms with Crippen LogP contribution in [0.3, 0.4) is 0 Å². The largest absolute Gasteiger partial charge is 0.454 e. The van der Waals surface area contributed by atoms with Gasteiger partial charge >= 0.3 is 0 Å². The van der Waals surface area contributed by atoms with Crippen LogP contribution in [0.1, 0.15) is 10.4 Å². The second kappa shape index (κ2) is 8.48. The van der Waals surface area contributed by atoms with Crippen LogP contribution < -0.4 is 14.4 Å². The van der Waals surface area contributed by atoms with Crippen molar-refractivity contribution < 1.29 is 9.47 Å². The highest BCUT2D eigenvalue weighted by molar-refractivity contribution is 7.19. The predicted octanol–water partition coefficient (Wildman–Crippen LogP) is 5.37. The number of benzene rings is 2. The van der Waals surface area contributed by atoms with Gasteiger partial charge in [-0.05, 0) is 41.8 Å². The molecule has 1 fully saturated rings. The lowest BCUT2D eigenvalue weighted by molar-refractivity contribution is 0.174. The lowest BCUT2D eigenvalue weighted by Crippen LogP contribution is -2.46. The molecule has 33 heavy (non-hydrogen) atoms. The van der Waals surface area contributed by atoms with Crippen LogP contribution in [-0.2, 0) is 6.54 Å². The molecule has 4 heterocycles. The van der Waals surface area contributed by atoms with E-state index in [0.29, 0.717) is 12.1 Å². The molecule has 8 heteroatoms. The summed E-state index contributed by atoms with van der Waals surface area (Å²) >= 11 is 8.04. The molecule has 168 valence electrons. The van der Waals surface area contributed by atoms with Gasteiger partial charge in [-0.3, -0.25) is 4.90 Å². The van der Waals surface area contributed by atoms with Crippen LogP contribution in [0.5, 0.6) is 11.5 Å². The summed E-state index contributed by atoms with van der Waals surface area (Å²) in [6.45, 7) is 7.00. The third-order valence-corrected chi connectivity index (χ3v) is 7.43. The smallest absolute Gasteiger partial charge is 0.231 e. The molecule has 0 saturated carbocycles. The minimum absolute atomic E-state index is 0.306. The number of aryl methyl sites for hydroxylation is 1. The molecular formula is C25H23ClN4O2S. The molecule has 0 aliphatic carbocycles. The third kappa shape index (κ3) is 3.90. The Labute approximate surface area is 201 Å². The average molecular weight is 479 g/mol. The van der Waals surface area contributed by atoms with Gasteiger partial charge in [0.15, 0.2) is 11.5 Å². The van der Waals surface area contributed by atoms with Gasteiger partial charge < -0.3 is 14.4 Å². The van der Waals surface area contributed by atoms with E-state index in [2.05, 4.69) is 58.1 Å². The molecule has 2 aromatic heterocycles. The minimum Gasteiger partial charge on any atom is -0.454 e. The van der Waals surface area contributed by atoms with Gasteiger partial charge in [0.05, 0.1) is 5.39 Å². The maximum atomic E-state index is 6.36. The zero-order chi connectivity index (χ0) is 22.4. The molecule has 0 unspecified atom stereocenters. The van der Waals surface area contributed by atoms with Crippen LogP contribution in [0.4, 0.5) is 5.82 Å². The van der Waals surface area contributed by atoms with Gasteiger partial charge in [-0.25, -0.2) is 4.98 Å². The summed E-state index contributed by atoms with van der Waals surface area (Å²) in [4.78, 5) is 16.3. The van der Waals surface area contributed by atoms with Gasteiger partial charge in [-0.15, -0.1) is 11.3 Å². The van der Waals surface area contributed by atoms with Crippen molar-refractivity contribution in [1.82, 2.24) is 14.9 Å². The maximum absolute atomic E-state index is 6.36. The fourth-order valence-corrected chi connectivity index (χ4v) is 5.92. The summed E-state index contributed by atoms with van der Waals surface area (Å²) in [5.74, 6) is 2.61. The zero-order valence-corrected chi connectivity index (χ0v) is 19.8. The van der Waals surface area contributed by atoms with Crippen molar-refractivity contribution in [3.05, 3.63) is 64.3 Å². The number of ether oxygens (including phenoxy) is 2. The number of halogens is 1. The third-order valence-electron chi connectivity index (χ3n) is 6.26. The van der Waals surface area contributed by atoms with Crippen molar-refractivity contribution in [2.24, 2.45) is 0 Å². The molecule has 6 nitrogen and oxygen atoms in total. The number of nitrogens with zero attached hydrogens (tertiary/aromatic N) is 4. The Balaban J connectivity index is 1.26. The maximum Gasteiger partial charge on any atom is 0.231 e. The Morgan fingerprint density at radius 1 is 0.970 bits per heavy atom. The van der Waals surface area contributed by atoms with Crippen molar-refractivity contribution in [3.63, 3.8) is 0 Å². The van der Waals surface area contributed by atoms with Gasteiger partial charge in [0, 0.05) is 43.2 Å². The lowest BCUT2D eigenvalue weighted by atomic mass is 10.0. The Morgan fingerprint density at radius 3 is 2.58 bits per heavy atom. The van der Waals surface area contributed by atoms with Gasteiger partial charge in [0.1, 0.15) is 10.6 Å². The molecule has 0 N–H and O–H groups in total. The first-order valence-corrected chi connectivity index (χ1v) is 12.2. The number of fused-ring (bicyclic) bond motifs is 2. The Kier molecular flexibility index (Phi) is 5.32. The number of thiophene rings is 1. The van der Waals surface area contributed by atoms with E-state index in [1.54, 1.807) is 11.3 Å². The fraction of sp³-hybridized carbons (Fsp3) is 0.280. The van der Waals surface area contributed by atoms with Gasteiger partial charge in [-0.2, -0.15) is 4.98 Å². The molecule has 4 aromatic rings. The average Bonchev–Trinajstić information content (AvgIpc) is 3.42. The van der Waals surface area contributed by atoms with E-state index in [1.165, 1.54) is 21.6 Å². The van der Waals surface area contributed by atoms with Crippen LogP contribution >= 0.6 is 22.9 Å². The first kappa shape index (κ1) is 20.7. The van der Waals surface area contributed by atoms with Gasteiger partial charge in [0.2, 0.25) is 12.1 Å². The minimum atomic E-state index is 0.306. The summed E-state index contributed by atoms with van der Waals surface area (Å²) in [6.07, 6.45) is 0. The molecule has 0 amide bonds. The van der Waals surface area contributed by atoms with Crippen LogP contribution in [0.15, 0.2) is 48.5 Å². The Morgan fingerprint density at radius 2 is 1.76 bits per heavy atom. The van der Waals surface area contributed by atoms with E-state index in [4.69, 9.17) is 26.1 Å². The first-order chi connectivity index (χ1) is 16.2. The summed E-state index contributed by atoms with van der Waals surface area (Å²) < 4.78 is 11.0. The number of anilines is 1. The van der Waals surface area contributed by atoms with Gasteiger partial charge in [0.25, 0.3) is 0 Å². The molecule has 0 spiro atoms. The standard InChI is InChI=1S/C25H23ClN4O2S/c1-16-21(18-5-3-2-4-6-18)22-23(27-25(26)28-24(22)33-16)30-11-9-29(10-12-30)14-17-7-8-19-20(13-17)32-15-31-19/h2-8,13H,9-12,14-15H2,1H3. The topological polar surface area (TPSA) is 50.7 Å². The lowest BCUT2D eigenvalue weighted by Gasteiger charge is -2.35. The molecule has 2 aromatic carbocycles. The highest BCUT2D eigenvalue weighted by atomic mass is 35.5. The van der Waals surface area contributed by atoms with E-state index in [1.807, 2.05) is 12.1 Å². The van der Waals surface area contributed by atoms with E-state index in [-0.39, 0.29) is 0 Å². The van der Waals surface area contributed by atoms with Crippen LogP contribution in [0.2, 0.25) is 5.28 Å². The van der Waals surface area contributed by atoms with E-state index >= 15 is 0 Å². The van der Waals surface area contributed by atoms with Crippen molar-refractivity contribution >= 4 is 39.0 Å². The monoisotopic (exact) mass is 478 g/mol. The SMILES string of the molecule is Cc1sc2nc(Cl)nc(N3CCN(Cc4ccc5c(c4)OCO5)CC3)c2c1-c1ccccc1. The first-order valence-electron chi connectivity index (χ1n) is 11.0.